The van der Waals surface area contributed by atoms with Gasteiger partial charge in [0.1, 0.15) is 11.6 Å². The predicted octanol–water partition coefficient (Wildman–Crippen LogP) is 4.13. The number of aromatic nitrogens is 2. The van der Waals surface area contributed by atoms with Crippen molar-refractivity contribution in [2.24, 2.45) is 0 Å². The van der Waals surface area contributed by atoms with Crippen LogP contribution in [0.4, 0.5) is 4.39 Å². The Kier molecular flexibility index (Phi) is 3.59. The summed E-state index contributed by atoms with van der Waals surface area (Å²) in [7, 11) is 0. The third kappa shape index (κ3) is 3.14. The van der Waals surface area contributed by atoms with Crippen molar-refractivity contribution in [2.45, 2.75) is 6.92 Å². The van der Waals surface area contributed by atoms with Crippen molar-refractivity contribution in [3.63, 3.8) is 0 Å². The van der Waals surface area contributed by atoms with E-state index >= 15 is 0 Å². The van der Waals surface area contributed by atoms with Crippen molar-refractivity contribution >= 4 is 27.5 Å². The first-order valence-corrected chi connectivity index (χ1v) is 5.85. The molecule has 0 fully saturated rings. The fourth-order valence-corrected chi connectivity index (χ4v) is 1.78. The van der Waals surface area contributed by atoms with Gasteiger partial charge in [-0.25, -0.2) is 9.37 Å². The average molecular weight is 318 g/mol. The smallest absolute Gasteiger partial charge is 0.226 e. The Morgan fingerprint density at radius 3 is 2.82 bits per heavy atom. The molecule has 1 aromatic heterocycles. The molecule has 0 unspecified atom stereocenters. The fraction of sp³-hybridized carbons (Fsp3) is 0.0909. The third-order valence-electron chi connectivity index (χ3n) is 1.95. The van der Waals surface area contributed by atoms with Gasteiger partial charge in [0, 0.05) is 22.3 Å². The molecule has 6 heteroatoms. The average Bonchev–Trinajstić information content (AvgIpc) is 2.22. The van der Waals surface area contributed by atoms with E-state index in [1.165, 1.54) is 12.1 Å². The molecule has 2 rings (SSSR count). The number of ether oxygens (including phenoxy) is 1. The van der Waals surface area contributed by atoms with Gasteiger partial charge in [0.15, 0.2) is 0 Å². The molecule has 3 nitrogen and oxygen atoms in total. The van der Waals surface area contributed by atoms with Crippen LogP contribution in [-0.4, -0.2) is 9.97 Å². The van der Waals surface area contributed by atoms with E-state index < -0.39 is 5.82 Å². The van der Waals surface area contributed by atoms with Gasteiger partial charge in [0.2, 0.25) is 11.2 Å². The van der Waals surface area contributed by atoms with Crippen molar-refractivity contribution < 1.29 is 9.13 Å². The summed E-state index contributed by atoms with van der Waals surface area (Å²) in [5.74, 6) is 0.254. The molecule has 0 saturated heterocycles. The van der Waals surface area contributed by atoms with Crippen LogP contribution in [0.25, 0.3) is 0 Å². The van der Waals surface area contributed by atoms with E-state index in [-0.39, 0.29) is 5.28 Å². The van der Waals surface area contributed by atoms with Gasteiger partial charge in [-0.2, -0.15) is 4.98 Å². The molecule has 0 radical (unpaired) electrons. The molecule has 17 heavy (non-hydrogen) atoms. The number of nitrogens with zero attached hydrogens (tertiary/aromatic N) is 2. The first-order chi connectivity index (χ1) is 8.04. The van der Waals surface area contributed by atoms with Gasteiger partial charge < -0.3 is 4.74 Å². The van der Waals surface area contributed by atoms with E-state index in [9.17, 15) is 4.39 Å². The highest BCUT2D eigenvalue weighted by atomic mass is 79.9. The van der Waals surface area contributed by atoms with Crippen LogP contribution >= 0.6 is 27.5 Å². The quantitative estimate of drug-likeness (QED) is 0.781. The van der Waals surface area contributed by atoms with Gasteiger partial charge in [-0.15, -0.1) is 0 Å². The minimum atomic E-state index is -0.396. The van der Waals surface area contributed by atoms with Crippen LogP contribution in [0.5, 0.6) is 11.6 Å². The van der Waals surface area contributed by atoms with Crippen LogP contribution in [0.3, 0.4) is 0 Å². The van der Waals surface area contributed by atoms with Crippen LogP contribution in [0, 0.1) is 12.7 Å². The molecule has 0 aliphatic carbocycles. The molecular formula is C11H7BrClFN2O. The molecule has 0 aliphatic heterocycles. The number of hydrogen-bond acceptors (Lipinski definition) is 3. The largest absolute Gasteiger partial charge is 0.438 e. The molecule has 0 amide bonds. The molecule has 0 bridgehead atoms. The maximum atomic E-state index is 13.1. The monoisotopic (exact) mass is 316 g/mol. The second-order valence-electron chi connectivity index (χ2n) is 3.33. The SMILES string of the molecule is Cc1cnc(Cl)nc1Oc1cc(F)cc(Br)c1. The lowest BCUT2D eigenvalue weighted by Crippen LogP contribution is -1.94. The van der Waals surface area contributed by atoms with Crippen molar-refractivity contribution in [1.82, 2.24) is 9.97 Å². The Morgan fingerprint density at radius 1 is 1.35 bits per heavy atom. The normalized spacial score (nSPS) is 10.4. The molecule has 2 aromatic rings. The number of hydrogen-bond donors (Lipinski definition) is 0. The Bertz CT molecular complexity index is 545. The summed E-state index contributed by atoms with van der Waals surface area (Å²) in [5, 5.41) is 0.0843. The van der Waals surface area contributed by atoms with Crippen LogP contribution in [0.2, 0.25) is 5.28 Å². The lowest BCUT2D eigenvalue weighted by atomic mass is 10.3. The van der Waals surface area contributed by atoms with E-state index in [2.05, 4.69) is 25.9 Å². The van der Waals surface area contributed by atoms with E-state index in [0.717, 1.165) is 5.56 Å². The van der Waals surface area contributed by atoms with Gasteiger partial charge in [0.25, 0.3) is 0 Å². The first kappa shape index (κ1) is 12.3. The minimum absolute atomic E-state index is 0.0843. The summed E-state index contributed by atoms with van der Waals surface area (Å²) in [6, 6.07) is 4.24. The van der Waals surface area contributed by atoms with E-state index in [4.69, 9.17) is 16.3 Å². The lowest BCUT2D eigenvalue weighted by Gasteiger charge is -2.07. The molecule has 0 atom stereocenters. The zero-order chi connectivity index (χ0) is 12.4. The first-order valence-electron chi connectivity index (χ1n) is 4.67. The Hall–Kier alpha value is -1.20. The lowest BCUT2D eigenvalue weighted by molar-refractivity contribution is 0.452. The highest BCUT2D eigenvalue weighted by Gasteiger charge is 2.07. The Labute approximate surface area is 111 Å². The highest BCUT2D eigenvalue weighted by molar-refractivity contribution is 9.10. The zero-order valence-electron chi connectivity index (χ0n) is 8.75. The molecule has 0 aliphatic rings. The minimum Gasteiger partial charge on any atom is -0.438 e. The van der Waals surface area contributed by atoms with Crippen LogP contribution in [0.15, 0.2) is 28.9 Å². The second-order valence-corrected chi connectivity index (χ2v) is 4.59. The van der Waals surface area contributed by atoms with Gasteiger partial charge in [-0.05, 0) is 30.7 Å². The number of rotatable bonds is 2. The van der Waals surface area contributed by atoms with E-state index in [0.29, 0.717) is 16.1 Å². The highest BCUT2D eigenvalue weighted by Crippen LogP contribution is 2.26. The third-order valence-corrected chi connectivity index (χ3v) is 2.59. The maximum Gasteiger partial charge on any atom is 0.226 e. The number of halogens is 3. The maximum absolute atomic E-state index is 13.1. The van der Waals surface area contributed by atoms with Crippen LogP contribution in [0.1, 0.15) is 5.56 Å². The fourth-order valence-electron chi connectivity index (χ4n) is 1.21. The van der Waals surface area contributed by atoms with Crippen molar-refractivity contribution in [3.8, 4) is 11.6 Å². The zero-order valence-corrected chi connectivity index (χ0v) is 11.1. The molecule has 1 heterocycles. The summed E-state index contributed by atoms with van der Waals surface area (Å²) in [4.78, 5) is 7.73. The predicted molar refractivity (Wildman–Crippen MR) is 66.0 cm³/mol. The Morgan fingerprint density at radius 2 is 2.12 bits per heavy atom. The summed E-state index contributed by atoms with van der Waals surface area (Å²) in [5.41, 5.74) is 0.717. The molecule has 0 spiro atoms. The Balaban J connectivity index is 2.34. The topological polar surface area (TPSA) is 35.0 Å². The summed E-state index contributed by atoms with van der Waals surface area (Å²) in [6.45, 7) is 1.78. The molecule has 88 valence electrons. The molecule has 1 aromatic carbocycles. The number of benzene rings is 1. The van der Waals surface area contributed by atoms with E-state index in [1.807, 2.05) is 0 Å². The standard InChI is InChI=1S/C11H7BrClFN2O/c1-6-5-15-11(13)16-10(6)17-9-3-7(12)2-8(14)4-9/h2-5H,1H3. The molecular weight excluding hydrogens is 310 g/mol. The summed E-state index contributed by atoms with van der Waals surface area (Å²) in [6.07, 6.45) is 1.54. The molecule has 0 N–H and O–H groups in total. The number of aryl methyl sites for hydroxylation is 1. The molecule has 0 saturated carbocycles. The van der Waals surface area contributed by atoms with Crippen molar-refractivity contribution in [2.75, 3.05) is 0 Å². The van der Waals surface area contributed by atoms with E-state index in [1.54, 1.807) is 19.2 Å². The van der Waals surface area contributed by atoms with Crippen molar-refractivity contribution in [3.05, 3.63) is 45.5 Å². The van der Waals surface area contributed by atoms with Gasteiger partial charge in [-0.1, -0.05) is 15.9 Å². The second kappa shape index (κ2) is 4.98. The van der Waals surface area contributed by atoms with Crippen LogP contribution < -0.4 is 4.74 Å². The summed E-state index contributed by atoms with van der Waals surface area (Å²) < 4.78 is 19.2. The van der Waals surface area contributed by atoms with Gasteiger partial charge >= 0.3 is 0 Å². The van der Waals surface area contributed by atoms with Gasteiger partial charge in [-0.3, -0.25) is 0 Å². The van der Waals surface area contributed by atoms with Gasteiger partial charge in [0.05, 0.1) is 0 Å². The summed E-state index contributed by atoms with van der Waals surface area (Å²) >= 11 is 8.84. The van der Waals surface area contributed by atoms with Crippen LogP contribution in [-0.2, 0) is 0 Å². The van der Waals surface area contributed by atoms with Crippen molar-refractivity contribution in [1.29, 1.82) is 0 Å².